The van der Waals surface area contributed by atoms with Gasteiger partial charge in [0.25, 0.3) is 0 Å². The van der Waals surface area contributed by atoms with E-state index < -0.39 is 5.60 Å². The monoisotopic (exact) mass is 307 g/mol. The van der Waals surface area contributed by atoms with Gasteiger partial charge in [-0.1, -0.05) is 6.07 Å². The van der Waals surface area contributed by atoms with Crippen LogP contribution in [0.3, 0.4) is 0 Å². The molecule has 0 aromatic carbocycles. The first-order valence-corrected chi connectivity index (χ1v) is 7.52. The minimum atomic E-state index is -0.485. The molecule has 1 unspecified atom stereocenters. The molecule has 0 bridgehead atoms. The second kappa shape index (κ2) is 7.07. The van der Waals surface area contributed by atoms with E-state index >= 15 is 0 Å². The van der Waals surface area contributed by atoms with Crippen LogP contribution in [0.15, 0.2) is 24.5 Å². The molecule has 1 aromatic heterocycles. The van der Waals surface area contributed by atoms with Crippen molar-refractivity contribution in [3.8, 4) is 0 Å². The number of amides is 1. The number of methoxy groups -OCH3 is 1. The Morgan fingerprint density at radius 1 is 1.45 bits per heavy atom. The lowest BCUT2D eigenvalue weighted by molar-refractivity contribution is 0.0252. The van der Waals surface area contributed by atoms with Gasteiger partial charge in [0.1, 0.15) is 5.60 Å². The molecule has 0 saturated carbocycles. The summed E-state index contributed by atoms with van der Waals surface area (Å²) in [6.45, 7) is 7.41. The number of nitrogens with zero attached hydrogens (tertiary/aromatic N) is 2. The molecule has 1 amide bonds. The number of carbonyl (C=O) groups excluding carboxylic acids is 1. The highest BCUT2D eigenvalue weighted by Crippen LogP contribution is 2.17. The van der Waals surface area contributed by atoms with Crippen molar-refractivity contribution >= 4 is 6.09 Å². The van der Waals surface area contributed by atoms with Crippen LogP contribution >= 0.6 is 0 Å². The van der Waals surface area contributed by atoms with Gasteiger partial charge >= 0.3 is 6.09 Å². The number of carbonyl (C=O) groups is 1. The molecular formula is C16H25N3O3. The highest BCUT2D eigenvalue weighted by atomic mass is 16.6. The molecule has 1 aromatic rings. The number of pyridine rings is 1. The number of hydrogen-bond donors (Lipinski definition) is 1. The van der Waals surface area contributed by atoms with Crippen LogP contribution in [0.4, 0.5) is 4.79 Å². The topological polar surface area (TPSA) is 63.7 Å². The number of rotatable bonds is 4. The SMILES string of the molecule is CO[C@H]1CN(C(=O)OC(C)(C)C)CC1NCc1cccnc1. The number of hydrogen-bond acceptors (Lipinski definition) is 5. The predicted molar refractivity (Wildman–Crippen MR) is 83.5 cm³/mol. The molecule has 2 heterocycles. The minimum Gasteiger partial charge on any atom is -0.444 e. The van der Waals surface area contributed by atoms with Crippen molar-refractivity contribution in [2.45, 2.75) is 45.1 Å². The molecule has 0 spiro atoms. The van der Waals surface area contributed by atoms with E-state index in [9.17, 15) is 4.79 Å². The summed E-state index contributed by atoms with van der Waals surface area (Å²) in [5, 5.41) is 3.43. The van der Waals surface area contributed by atoms with E-state index in [1.165, 1.54) is 0 Å². The van der Waals surface area contributed by atoms with Gasteiger partial charge in [-0.25, -0.2) is 4.79 Å². The van der Waals surface area contributed by atoms with Crippen molar-refractivity contribution < 1.29 is 14.3 Å². The zero-order chi connectivity index (χ0) is 16.2. The smallest absolute Gasteiger partial charge is 0.410 e. The second-order valence-electron chi connectivity index (χ2n) is 6.51. The molecule has 2 atom stereocenters. The van der Waals surface area contributed by atoms with Gasteiger partial charge in [-0.05, 0) is 32.4 Å². The van der Waals surface area contributed by atoms with Crippen LogP contribution in [0.2, 0.25) is 0 Å². The maximum atomic E-state index is 12.2. The number of nitrogens with one attached hydrogen (secondary N) is 1. The molecule has 1 aliphatic rings. The molecule has 6 nitrogen and oxygen atoms in total. The quantitative estimate of drug-likeness (QED) is 0.919. The summed E-state index contributed by atoms with van der Waals surface area (Å²) in [5.41, 5.74) is 0.619. The van der Waals surface area contributed by atoms with Crippen LogP contribution < -0.4 is 5.32 Å². The van der Waals surface area contributed by atoms with Crippen molar-refractivity contribution in [1.29, 1.82) is 0 Å². The molecule has 6 heteroatoms. The van der Waals surface area contributed by atoms with Gasteiger partial charge in [0.05, 0.1) is 18.7 Å². The third kappa shape index (κ3) is 4.68. The second-order valence-corrected chi connectivity index (χ2v) is 6.51. The Bertz CT molecular complexity index is 487. The molecule has 22 heavy (non-hydrogen) atoms. The Labute approximate surface area is 131 Å². The van der Waals surface area contributed by atoms with E-state index in [-0.39, 0.29) is 18.2 Å². The summed E-state index contributed by atoms with van der Waals surface area (Å²) in [7, 11) is 1.67. The first-order valence-electron chi connectivity index (χ1n) is 7.52. The van der Waals surface area contributed by atoms with Crippen molar-refractivity contribution in [2.24, 2.45) is 0 Å². The number of aromatic nitrogens is 1. The Balaban J connectivity index is 1.90. The molecule has 0 radical (unpaired) electrons. The van der Waals surface area contributed by atoms with Gasteiger partial charge in [-0.15, -0.1) is 0 Å². The highest BCUT2D eigenvalue weighted by molar-refractivity contribution is 5.68. The van der Waals surface area contributed by atoms with Crippen LogP contribution in [-0.2, 0) is 16.0 Å². The Hall–Kier alpha value is -1.66. The lowest BCUT2D eigenvalue weighted by Crippen LogP contribution is -2.40. The summed E-state index contributed by atoms with van der Waals surface area (Å²) < 4.78 is 10.9. The lowest BCUT2D eigenvalue weighted by atomic mass is 10.2. The fourth-order valence-corrected chi connectivity index (χ4v) is 2.44. The van der Waals surface area contributed by atoms with E-state index in [0.717, 1.165) is 5.56 Å². The van der Waals surface area contributed by atoms with Gasteiger partial charge < -0.3 is 19.7 Å². The third-order valence-electron chi connectivity index (χ3n) is 3.51. The van der Waals surface area contributed by atoms with Gasteiger partial charge in [0.2, 0.25) is 0 Å². The highest BCUT2D eigenvalue weighted by Gasteiger charge is 2.37. The summed E-state index contributed by atoms with van der Waals surface area (Å²) in [4.78, 5) is 17.9. The maximum Gasteiger partial charge on any atom is 0.410 e. The van der Waals surface area contributed by atoms with E-state index in [0.29, 0.717) is 19.6 Å². The van der Waals surface area contributed by atoms with Gasteiger partial charge in [-0.2, -0.15) is 0 Å². The molecule has 0 aliphatic carbocycles. The zero-order valence-corrected chi connectivity index (χ0v) is 13.7. The van der Waals surface area contributed by atoms with Crippen molar-refractivity contribution in [2.75, 3.05) is 20.2 Å². The summed E-state index contributed by atoms with van der Waals surface area (Å²) in [5.74, 6) is 0. The van der Waals surface area contributed by atoms with Crippen LogP contribution in [0.1, 0.15) is 26.3 Å². The maximum absolute atomic E-state index is 12.2. The molecule has 1 saturated heterocycles. The summed E-state index contributed by atoms with van der Waals surface area (Å²) in [6.07, 6.45) is 3.25. The number of likely N-dealkylation sites (tertiary alicyclic amines) is 1. The van der Waals surface area contributed by atoms with E-state index in [2.05, 4.69) is 10.3 Å². The van der Waals surface area contributed by atoms with E-state index in [1.807, 2.05) is 39.1 Å². The predicted octanol–water partition coefficient (Wildman–Crippen LogP) is 1.81. The molecule has 1 fully saturated rings. The molecule has 1 N–H and O–H groups in total. The van der Waals surface area contributed by atoms with Crippen molar-refractivity contribution in [1.82, 2.24) is 15.2 Å². The largest absolute Gasteiger partial charge is 0.444 e. The van der Waals surface area contributed by atoms with Crippen molar-refractivity contribution in [3.63, 3.8) is 0 Å². The van der Waals surface area contributed by atoms with Crippen LogP contribution in [0.25, 0.3) is 0 Å². The standard InChI is InChI=1S/C16H25N3O3/c1-16(2,3)22-15(20)19-10-13(14(11-19)21-4)18-9-12-6-5-7-17-8-12/h5-8,13-14,18H,9-11H2,1-4H3/t13?,14-/m0/s1. The first kappa shape index (κ1) is 16.7. The van der Waals surface area contributed by atoms with Crippen molar-refractivity contribution in [3.05, 3.63) is 30.1 Å². The number of ether oxygens (including phenoxy) is 2. The Morgan fingerprint density at radius 3 is 2.82 bits per heavy atom. The Kier molecular flexibility index (Phi) is 5.37. The van der Waals surface area contributed by atoms with Crippen LogP contribution in [-0.4, -0.2) is 53.9 Å². The van der Waals surface area contributed by atoms with Gasteiger partial charge in [0, 0.05) is 32.6 Å². The first-order chi connectivity index (χ1) is 10.4. The van der Waals surface area contributed by atoms with Crippen LogP contribution in [0, 0.1) is 0 Å². The molecule has 1 aliphatic heterocycles. The summed E-state index contributed by atoms with van der Waals surface area (Å²) in [6, 6.07) is 4.01. The van der Waals surface area contributed by atoms with Crippen LogP contribution in [0.5, 0.6) is 0 Å². The van der Waals surface area contributed by atoms with Gasteiger partial charge in [-0.3, -0.25) is 4.98 Å². The minimum absolute atomic E-state index is 0.0378. The average Bonchev–Trinajstić information content (AvgIpc) is 2.88. The zero-order valence-electron chi connectivity index (χ0n) is 13.7. The summed E-state index contributed by atoms with van der Waals surface area (Å²) >= 11 is 0. The molecular weight excluding hydrogens is 282 g/mol. The van der Waals surface area contributed by atoms with E-state index in [4.69, 9.17) is 9.47 Å². The normalized spacial score (nSPS) is 21.9. The average molecular weight is 307 g/mol. The fourth-order valence-electron chi connectivity index (χ4n) is 2.44. The molecule has 2 rings (SSSR count). The van der Waals surface area contributed by atoms with E-state index in [1.54, 1.807) is 18.2 Å². The molecule has 122 valence electrons. The lowest BCUT2D eigenvalue weighted by Gasteiger charge is -2.24. The third-order valence-corrected chi connectivity index (χ3v) is 3.51. The fraction of sp³-hybridized carbons (Fsp3) is 0.625. The Morgan fingerprint density at radius 2 is 2.23 bits per heavy atom. The van der Waals surface area contributed by atoms with Gasteiger partial charge in [0.15, 0.2) is 0 Å².